The van der Waals surface area contributed by atoms with Gasteiger partial charge in [-0.3, -0.25) is 0 Å². The van der Waals surface area contributed by atoms with Crippen molar-refractivity contribution in [1.82, 2.24) is 10.0 Å². The molecule has 0 aliphatic heterocycles. The lowest BCUT2D eigenvalue weighted by atomic mass is 10.3. The summed E-state index contributed by atoms with van der Waals surface area (Å²) in [6.07, 6.45) is 1.09. The van der Waals surface area contributed by atoms with Crippen LogP contribution in [0, 0.1) is 0 Å². The smallest absolute Gasteiger partial charge is 0.242 e. The van der Waals surface area contributed by atoms with E-state index < -0.39 is 10.0 Å². The molecule has 0 radical (unpaired) electrons. The maximum Gasteiger partial charge on any atom is 0.242 e. The van der Waals surface area contributed by atoms with Crippen LogP contribution in [0.1, 0.15) is 13.3 Å². The molecular weight excluding hydrogens is 250 g/mol. The van der Waals surface area contributed by atoms with Crippen molar-refractivity contribution in [2.24, 2.45) is 0 Å². The summed E-state index contributed by atoms with van der Waals surface area (Å²) in [6, 6.07) is 6.89. The minimum Gasteiger partial charge on any atom is -0.383 e. The van der Waals surface area contributed by atoms with Crippen molar-refractivity contribution in [2.75, 3.05) is 32.0 Å². The number of hydrogen-bond acceptors (Lipinski definition) is 4. The van der Waals surface area contributed by atoms with E-state index in [9.17, 15) is 8.42 Å². The number of nitrogens with one attached hydrogen (secondary N) is 3. The molecule has 102 valence electrons. The summed E-state index contributed by atoms with van der Waals surface area (Å²) in [5.41, 5.74) is 0.630. The molecule has 0 saturated heterocycles. The molecule has 3 N–H and O–H groups in total. The molecule has 0 atom stereocenters. The Hall–Kier alpha value is -1.11. The first kappa shape index (κ1) is 14.9. The Balaban J connectivity index is 2.66. The molecule has 1 aromatic rings. The van der Waals surface area contributed by atoms with Gasteiger partial charge in [-0.15, -0.1) is 0 Å². The van der Waals surface area contributed by atoms with Crippen molar-refractivity contribution in [3.63, 3.8) is 0 Å². The van der Waals surface area contributed by atoms with Crippen LogP contribution in [-0.2, 0) is 10.0 Å². The number of anilines is 1. The van der Waals surface area contributed by atoms with Gasteiger partial charge in [0.25, 0.3) is 0 Å². The molecule has 0 aromatic heterocycles. The number of rotatable bonds is 8. The molecule has 0 aliphatic rings. The highest BCUT2D eigenvalue weighted by molar-refractivity contribution is 7.89. The maximum atomic E-state index is 11.8. The Kier molecular flexibility index (Phi) is 6.11. The van der Waals surface area contributed by atoms with Crippen LogP contribution >= 0.6 is 0 Å². The first-order chi connectivity index (χ1) is 8.61. The van der Waals surface area contributed by atoms with Gasteiger partial charge in [0, 0.05) is 13.1 Å². The van der Waals surface area contributed by atoms with Gasteiger partial charge in [0.2, 0.25) is 10.0 Å². The number of benzene rings is 1. The summed E-state index contributed by atoms with van der Waals surface area (Å²) in [5, 5.41) is 6.38. The van der Waals surface area contributed by atoms with Crippen LogP contribution in [0.2, 0.25) is 0 Å². The van der Waals surface area contributed by atoms with Crippen molar-refractivity contribution in [2.45, 2.75) is 18.2 Å². The third-order valence-corrected chi connectivity index (χ3v) is 3.96. The quantitative estimate of drug-likeness (QED) is 0.617. The maximum absolute atomic E-state index is 11.8. The Morgan fingerprint density at radius 3 is 2.50 bits per heavy atom. The Morgan fingerprint density at radius 2 is 1.83 bits per heavy atom. The van der Waals surface area contributed by atoms with Gasteiger partial charge in [-0.1, -0.05) is 19.1 Å². The molecule has 0 fully saturated rings. The molecule has 0 spiro atoms. The molecule has 0 saturated carbocycles. The van der Waals surface area contributed by atoms with E-state index in [4.69, 9.17) is 0 Å². The third-order valence-electron chi connectivity index (χ3n) is 2.49. The van der Waals surface area contributed by atoms with Crippen LogP contribution < -0.4 is 15.4 Å². The van der Waals surface area contributed by atoms with Crippen LogP contribution in [0.4, 0.5) is 5.69 Å². The summed E-state index contributed by atoms with van der Waals surface area (Å²) in [5.74, 6) is 0. The van der Waals surface area contributed by atoms with Crippen molar-refractivity contribution >= 4 is 15.7 Å². The van der Waals surface area contributed by atoms with E-state index in [1.807, 2.05) is 6.07 Å². The van der Waals surface area contributed by atoms with E-state index in [0.717, 1.165) is 19.5 Å². The molecule has 5 nitrogen and oxygen atoms in total. The lowest BCUT2D eigenvalue weighted by Crippen LogP contribution is -2.24. The molecule has 1 rings (SSSR count). The number of para-hydroxylation sites is 1. The Bertz CT molecular complexity index is 460. The summed E-state index contributed by atoms with van der Waals surface area (Å²) < 4.78 is 25.9. The first-order valence-corrected chi connectivity index (χ1v) is 7.57. The largest absolute Gasteiger partial charge is 0.383 e. The zero-order chi connectivity index (χ0) is 13.4. The van der Waals surface area contributed by atoms with E-state index >= 15 is 0 Å². The van der Waals surface area contributed by atoms with Gasteiger partial charge in [-0.25, -0.2) is 13.1 Å². The van der Waals surface area contributed by atoms with Gasteiger partial charge < -0.3 is 10.6 Å². The first-order valence-electron chi connectivity index (χ1n) is 6.09. The molecule has 0 amide bonds. The molecular formula is C12H21N3O2S. The van der Waals surface area contributed by atoms with Gasteiger partial charge in [-0.05, 0) is 32.1 Å². The molecule has 0 unspecified atom stereocenters. The molecule has 6 heteroatoms. The minimum atomic E-state index is -3.41. The Morgan fingerprint density at radius 1 is 1.11 bits per heavy atom. The average molecular weight is 271 g/mol. The van der Waals surface area contributed by atoms with Crippen molar-refractivity contribution < 1.29 is 8.42 Å². The average Bonchev–Trinajstić information content (AvgIpc) is 2.39. The summed E-state index contributed by atoms with van der Waals surface area (Å²) >= 11 is 0. The normalized spacial score (nSPS) is 11.4. The molecule has 0 heterocycles. The highest BCUT2D eigenvalue weighted by Crippen LogP contribution is 2.19. The summed E-state index contributed by atoms with van der Waals surface area (Å²) in [4.78, 5) is 0.281. The van der Waals surface area contributed by atoms with E-state index in [0.29, 0.717) is 12.2 Å². The zero-order valence-electron chi connectivity index (χ0n) is 10.9. The van der Waals surface area contributed by atoms with Crippen molar-refractivity contribution in [3.8, 4) is 0 Å². The van der Waals surface area contributed by atoms with Gasteiger partial charge in [0.1, 0.15) is 4.90 Å². The monoisotopic (exact) mass is 271 g/mol. The molecule has 0 bridgehead atoms. The van der Waals surface area contributed by atoms with Crippen LogP contribution in [-0.4, -0.2) is 35.1 Å². The second-order valence-corrected chi connectivity index (χ2v) is 5.74. The number of hydrogen-bond donors (Lipinski definition) is 3. The van der Waals surface area contributed by atoms with E-state index in [-0.39, 0.29) is 4.90 Å². The van der Waals surface area contributed by atoms with Crippen molar-refractivity contribution in [1.29, 1.82) is 0 Å². The van der Waals surface area contributed by atoms with Gasteiger partial charge >= 0.3 is 0 Å². The fraction of sp³-hybridized carbons (Fsp3) is 0.500. The van der Waals surface area contributed by atoms with Crippen molar-refractivity contribution in [3.05, 3.63) is 24.3 Å². The second-order valence-electron chi connectivity index (χ2n) is 3.88. The molecule has 0 aliphatic carbocycles. The SMILES string of the molecule is CCCNCCNc1ccccc1S(=O)(=O)NC. The van der Waals surface area contributed by atoms with Crippen LogP contribution in [0.3, 0.4) is 0 Å². The van der Waals surface area contributed by atoms with Gasteiger partial charge in [0.15, 0.2) is 0 Å². The number of sulfonamides is 1. The van der Waals surface area contributed by atoms with Crippen LogP contribution in [0.5, 0.6) is 0 Å². The van der Waals surface area contributed by atoms with E-state index in [1.165, 1.54) is 7.05 Å². The second kappa shape index (κ2) is 7.35. The highest BCUT2D eigenvalue weighted by Gasteiger charge is 2.15. The molecule has 1 aromatic carbocycles. The summed E-state index contributed by atoms with van der Waals surface area (Å²) in [6.45, 7) is 4.57. The predicted molar refractivity (Wildman–Crippen MR) is 74.3 cm³/mol. The standard InChI is InChI=1S/C12H21N3O2S/c1-3-8-14-9-10-15-11-6-4-5-7-12(11)18(16,17)13-2/h4-7,13-15H,3,8-10H2,1-2H3. The lowest BCUT2D eigenvalue weighted by molar-refractivity contribution is 0.588. The van der Waals surface area contributed by atoms with Gasteiger partial charge in [0.05, 0.1) is 5.69 Å². The fourth-order valence-electron chi connectivity index (χ4n) is 1.54. The van der Waals surface area contributed by atoms with Crippen LogP contribution in [0.25, 0.3) is 0 Å². The predicted octanol–water partition coefficient (Wildman–Crippen LogP) is 1.01. The highest BCUT2D eigenvalue weighted by atomic mass is 32.2. The lowest BCUT2D eigenvalue weighted by Gasteiger charge is -2.12. The zero-order valence-corrected chi connectivity index (χ0v) is 11.7. The minimum absolute atomic E-state index is 0.281. The van der Waals surface area contributed by atoms with E-state index in [2.05, 4.69) is 22.3 Å². The molecule has 18 heavy (non-hydrogen) atoms. The van der Waals surface area contributed by atoms with Crippen LogP contribution in [0.15, 0.2) is 29.2 Å². The topological polar surface area (TPSA) is 70.2 Å². The van der Waals surface area contributed by atoms with Gasteiger partial charge in [-0.2, -0.15) is 0 Å². The Labute approximate surface area is 109 Å². The fourth-order valence-corrected chi connectivity index (χ4v) is 2.45. The summed E-state index contributed by atoms with van der Waals surface area (Å²) in [7, 11) is -2.00. The third kappa shape index (κ3) is 4.29. The van der Waals surface area contributed by atoms with E-state index in [1.54, 1.807) is 18.2 Å².